The van der Waals surface area contributed by atoms with Crippen LogP contribution in [0.15, 0.2) is 0 Å². The zero-order valence-electron chi connectivity index (χ0n) is 10.7. The summed E-state index contributed by atoms with van der Waals surface area (Å²) in [5, 5.41) is 55.4. The molecule has 0 unspecified atom stereocenters. The van der Waals surface area contributed by atoms with Gasteiger partial charge in [-0.15, -0.1) is 0 Å². The van der Waals surface area contributed by atoms with Gasteiger partial charge >= 0.3 is 5.97 Å². The van der Waals surface area contributed by atoms with Crippen molar-refractivity contribution in [3.05, 3.63) is 0 Å². The zero-order valence-corrected chi connectivity index (χ0v) is 10.7. The van der Waals surface area contributed by atoms with Gasteiger partial charge in [-0.25, -0.2) is 4.79 Å². The van der Waals surface area contributed by atoms with Gasteiger partial charge in [0.2, 0.25) is 0 Å². The molecule has 1 amide bonds. The fraction of sp³-hybridized carbons (Fsp3) is 0.818. The molecule has 0 aromatic rings. The number of hydrogen-bond acceptors (Lipinski definition) is 7. The first-order valence-corrected chi connectivity index (χ1v) is 6.17. The van der Waals surface area contributed by atoms with Crippen molar-refractivity contribution in [2.24, 2.45) is 0 Å². The Hall–Kier alpha value is -1.26. The third-order valence-corrected chi connectivity index (χ3v) is 3.33. The van der Waals surface area contributed by atoms with Crippen molar-refractivity contribution in [1.82, 2.24) is 4.90 Å². The molecular formula is C11H19NO8. The molecule has 116 valence electrons. The third kappa shape index (κ3) is 3.44. The van der Waals surface area contributed by atoms with Crippen molar-refractivity contribution in [2.45, 2.75) is 43.3 Å². The van der Waals surface area contributed by atoms with Crippen LogP contribution < -0.4 is 0 Å². The van der Waals surface area contributed by atoms with Crippen molar-refractivity contribution in [2.75, 3.05) is 13.2 Å². The molecule has 6 N–H and O–H groups in total. The van der Waals surface area contributed by atoms with E-state index in [9.17, 15) is 24.9 Å². The Morgan fingerprint density at radius 3 is 2.25 bits per heavy atom. The Labute approximate surface area is 114 Å². The smallest absolute Gasteiger partial charge is 0.326 e. The van der Waals surface area contributed by atoms with Gasteiger partial charge in [-0.2, -0.15) is 0 Å². The van der Waals surface area contributed by atoms with E-state index in [0.29, 0.717) is 6.42 Å². The molecule has 9 nitrogen and oxygen atoms in total. The molecular weight excluding hydrogens is 274 g/mol. The van der Waals surface area contributed by atoms with Crippen LogP contribution in [0.4, 0.5) is 0 Å². The number of aliphatic carboxylic acids is 1. The molecule has 1 aliphatic rings. The largest absolute Gasteiger partial charge is 0.480 e. The van der Waals surface area contributed by atoms with Crippen molar-refractivity contribution in [3.63, 3.8) is 0 Å². The highest BCUT2D eigenvalue weighted by Crippen LogP contribution is 2.20. The standard InChI is InChI=1S/C11H19NO8/c13-4-6(14)7(15)8(16)9(17)10(18)12-3-1-2-5(12)11(19)20/h5-9,13-17H,1-4H2,(H,19,20)/t5-,6-,7+,8-,9-/m1/s1. The molecule has 5 atom stereocenters. The van der Waals surface area contributed by atoms with E-state index in [4.69, 9.17) is 15.3 Å². The minimum absolute atomic E-state index is 0.123. The summed E-state index contributed by atoms with van der Waals surface area (Å²) in [4.78, 5) is 23.8. The summed E-state index contributed by atoms with van der Waals surface area (Å²) in [5.74, 6) is -2.25. The number of rotatable bonds is 6. The molecule has 0 aromatic heterocycles. The predicted octanol–water partition coefficient (Wildman–Crippen LogP) is -3.50. The monoisotopic (exact) mass is 293 g/mol. The van der Waals surface area contributed by atoms with Crippen LogP contribution in [0.3, 0.4) is 0 Å². The third-order valence-electron chi connectivity index (χ3n) is 3.33. The molecule has 1 heterocycles. The lowest BCUT2D eigenvalue weighted by Crippen LogP contribution is -2.54. The van der Waals surface area contributed by atoms with Crippen LogP contribution in [-0.2, 0) is 9.59 Å². The SMILES string of the molecule is O=C(O)[C@H]1CCCN1C(=O)[C@H](O)[C@H](O)[C@@H](O)[C@H](O)CO. The average Bonchev–Trinajstić information content (AvgIpc) is 2.92. The summed E-state index contributed by atoms with van der Waals surface area (Å²) in [6.07, 6.45) is -7.06. The minimum Gasteiger partial charge on any atom is -0.480 e. The Morgan fingerprint density at radius 1 is 1.15 bits per heavy atom. The number of carboxylic acid groups (broad SMARTS) is 1. The van der Waals surface area contributed by atoms with Gasteiger partial charge in [0, 0.05) is 6.54 Å². The number of aliphatic hydroxyl groups excluding tert-OH is 5. The molecule has 0 saturated carbocycles. The van der Waals surface area contributed by atoms with Gasteiger partial charge < -0.3 is 35.5 Å². The molecule has 0 bridgehead atoms. The van der Waals surface area contributed by atoms with Crippen LogP contribution in [0.5, 0.6) is 0 Å². The number of carbonyl (C=O) groups is 2. The highest BCUT2D eigenvalue weighted by atomic mass is 16.4. The number of carboxylic acids is 1. The first kappa shape index (κ1) is 16.8. The lowest BCUT2D eigenvalue weighted by molar-refractivity contribution is -0.163. The first-order valence-electron chi connectivity index (χ1n) is 6.17. The van der Waals surface area contributed by atoms with E-state index in [-0.39, 0.29) is 13.0 Å². The van der Waals surface area contributed by atoms with Crippen molar-refractivity contribution < 1.29 is 40.2 Å². The quantitative estimate of drug-likeness (QED) is 0.294. The van der Waals surface area contributed by atoms with E-state index in [1.807, 2.05) is 0 Å². The van der Waals surface area contributed by atoms with Gasteiger partial charge in [0.1, 0.15) is 24.4 Å². The van der Waals surface area contributed by atoms with Gasteiger partial charge in [0.05, 0.1) is 6.61 Å². The average molecular weight is 293 g/mol. The molecule has 9 heteroatoms. The van der Waals surface area contributed by atoms with Crippen LogP contribution >= 0.6 is 0 Å². The highest BCUT2D eigenvalue weighted by molar-refractivity contribution is 5.87. The zero-order chi connectivity index (χ0) is 15.4. The number of aliphatic hydroxyl groups is 5. The van der Waals surface area contributed by atoms with E-state index >= 15 is 0 Å². The summed E-state index contributed by atoms with van der Waals surface area (Å²) in [6, 6.07) is -1.08. The molecule has 0 spiro atoms. The Bertz CT molecular complexity index is 362. The molecule has 1 saturated heterocycles. The summed E-state index contributed by atoms with van der Waals surface area (Å²) >= 11 is 0. The van der Waals surface area contributed by atoms with Gasteiger partial charge in [-0.3, -0.25) is 4.79 Å². The molecule has 1 fully saturated rings. The Balaban J connectivity index is 2.73. The second-order valence-corrected chi connectivity index (χ2v) is 4.70. The molecule has 20 heavy (non-hydrogen) atoms. The maximum absolute atomic E-state index is 11.9. The second kappa shape index (κ2) is 6.95. The van der Waals surface area contributed by atoms with Gasteiger partial charge in [0.25, 0.3) is 5.91 Å². The Kier molecular flexibility index (Phi) is 5.84. The number of amides is 1. The van der Waals surface area contributed by atoms with Crippen LogP contribution in [0, 0.1) is 0 Å². The minimum atomic E-state index is -2.08. The van der Waals surface area contributed by atoms with Crippen LogP contribution in [0.25, 0.3) is 0 Å². The van der Waals surface area contributed by atoms with Gasteiger partial charge in [0.15, 0.2) is 6.10 Å². The van der Waals surface area contributed by atoms with Gasteiger partial charge in [-0.05, 0) is 12.8 Å². The van der Waals surface area contributed by atoms with E-state index in [1.54, 1.807) is 0 Å². The van der Waals surface area contributed by atoms with Crippen molar-refractivity contribution in [3.8, 4) is 0 Å². The van der Waals surface area contributed by atoms with Crippen LogP contribution in [0.2, 0.25) is 0 Å². The van der Waals surface area contributed by atoms with Crippen molar-refractivity contribution >= 4 is 11.9 Å². The fourth-order valence-electron chi connectivity index (χ4n) is 2.13. The summed E-state index contributed by atoms with van der Waals surface area (Å²) < 4.78 is 0. The maximum Gasteiger partial charge on any atom is 0.326 e. The predicted molar refractivity (Wildman–Crippen MR) is 63.5 cm³/mol. The topological polar surface area (TPSA) is 159 Å². The first-order chi connectivity index (χ1) is 9.31. The molecule has 1 rings (SSSR count). The summed E-state index contributed by atoms with van der Waals surface area (Å²) in [6.45, 7) is -0.737. The van der Waals surface area contributed by atoms with E-state index in [0.717, 1.165) is 4.90 Å². The lowest BCUT2D eigenvalue weighted by atomic mass is 10.0. The molecule has 1 aliphatic heterocycles. The number of carbonyl (C=O) groups excluding carboxylic acids is 1. The van der Waals surface area contributed by atoms with E-state index in [2.05, 4.69) is 0 Å². The molecule has 0 aliphatic carbocycles. The number of hydrogen-bond donors (Lipinski definition) is 6. The highest BCUT2D eigenvalue weighted by Gasteiger charge is 2.41. The van der Waals surface area contributed by atoms with E-state index < -0.39 is 48.9 Å². The van der Waals surface area contributed by atoms with Crippen LogP contribution in [-0.4, -0.2) is 91.0 Å². The molecule has 0 aromatic carbocycles. The normalized spacial score (nSPS) is 25.1. The summed E-state index contributed by atoms with van der Waals surface area (Å²) in [5.41, 5.74) is 0. The Morgan fingerprint density at radius 2 is 1.75 bits per heavy atom. The number of likely N-dealkylation sites (tertiary alicyclic amines) is 1. The van der Waals surface area contributed by atoms with Crippen molar-refractivity contribution in [1.29, 1.82) is 0 Å². The molecule has 0 radical (unpaired) electrons. The number of nitrogens with zero attached hydrogens (tertiary/aromatic N) is 1. The summed E-state index contributed by atoms with van der Waals surface area (Å²) in [7, 11) is 0. The van der Waals surface area contributed by atoms with E-state index in [1.165, 1.54) is 0 Å². The maximum atomic E-state index is 11.9. The van der Waals surface area contributed by atoms with Crippen LogP contribution in [0.1, 0.15) is 12.8 Å². The second-order valence-electron chi connectivity index (χ2n) is 4.70. The fourth-order valence-corrected chi connectivity index (χ4v) is 2.13. The lowest BCUT2D eigenvalue weighted by Gasteiger charge is -2.29. The van der Waals surface area contributed by atoms with Gasteiger partial charge in [-0.1, -0.05) is 0 Å².